The van der Waals surface area contributed by atoms with E-state index in [4.69, 9.17) is 4.74 Å². The van der Waals surface area contributed by atoms with Gasteiger partial charge >= 0.3 is 0 Å². The summed E-state index contributed by atoms with van der Waals surface area (Å²) in [7, 11) is 1.57. The van der Waals surface area contributed by atoms with E-state index in [2.05, 4.69) is 16.0 Å². The van der Waals surface area contributed by atoms with E-state index in [1.165, 1.54) is 24.0 Å². The number of aryl methyl sites for hydroxylation is 1. The molecule has 0 aromatic heterocycles. The third kappa shape index (κ3) is 9.38. The summed E-state index contributed by atoms with van der Waals surface area (Å²) in [6.45, 7) is 5.78. The highest BCUT2D eigenvalue weighted by Crippen LogP contribution is 2.33. The molecule has 4 rings (SSSR count). The van der Waals surface area contributed by atoms with Crippen molar-refractivity contribution in [2.75, 3.05) is 20.2 Å². The summed E-state index contributed by atoms with van der Waals surface area (Å²) >= 11 is 0. The number of aliphatic hydroxyl groups excluding tert-OH is 1. The summed E-state index contributed by atoms with van der Waals surface area (Å²) in [6, 6.07) is 18.2. The van der Waals surface area contributed by atoms with Gasteiger partial charge in [0.15, 0.2) is 0 Å². The van der Waals surface area contributed by atoms with Crippen LogP contribution in [0.3, 0.4) is 0 Å². The van der Waals surface area contributed by atoms with Crippen LogP contribution in [0.15, 0.2) is 72.8 Å². The van der Waals surface area contributed by atoms with E-state index in [-0.39, 0.29) is 49.2 Å². The first-order valence-corrected chi connectivity index (χ1v) is 16.3. The zero-order chi connectivity index (χ0) is 34.8. The highest BCUT2D eigenvalue weighted by atomic mass is 19.1. The van der Waals surface area contributed by atoms with E-state index in [0.29, 0.717) is 25.1 Å². The number of aliphatic hydroxyl groups is 1. The molecule has 9 nitrogen and oxygen atoms in total. The van der Waals surface area contributed by atoms with Gasteiger partial charge < -0.3 is 30.7 Å². The van der Waals surface area contributed by atoms with Gasteiger partial charge in [-0.2, -0.15) is 0 Å². The van der Waals surface area contributed by atoms with Crippen LogP contribution in [0, 0.1) is 17.6 Å². The second-order valence-corrected chi connectivity index (χ2v) is 12.7. The van der Waals surface area contributed by atoms with E-state index < -0.39 is 41.3 Å². The van der Waals surface area contributed by atoms with Crippen LogP contribution in [0.1, 0.15) is 50.3 Å². The van der Waals surface area contributed by atoms with Crippen molar-refractivity contribution in [1.82, 2.24) is 20.9 Å². The molecule has 0 bridgehead atoms. The van der Waals surface area contributed by atoms with Gasteiger partial charge in [0.25, 0.3) is 0 Å². The summed E-state index contributed by atoms with van der Waals surface area (Å²) in [4.78, 5) is 42.0. The van der Waals surface area contributed by atoms with Gasteiger partial charge in [-0.25, -0.2) is 8.78 Å². The molecule has 48 heavy (non-hydrogen) atoms. The van der Waals surface area contributed by atoms with Crippen LogP contribution in [-0.4, -0.2) is 71.7 Å². The molecular formula is C37H46F2N4O5. The monoisotopic (exact) mass is 664 g/mol. The highest BCUT2D eigenvalue weighted by molar-refractivity contribution is 5.96. The summed E-state index contributed by atoms with van der Waals surface area (Å²) in [5.41, 5.74) is 0.995. The smallest absolute Gasteiger partial charge is 0.249 e. The molecule has 4 N–H and O–H groups in total. The maximum absolute atomic E-state index is 14.2. The van der Waals surface area contributed by atoms with Crippen molar-refractivity contribution in [3.63, 3.8) is 0 Å². The normalized spacial score (nSPS) is 18.0. The van der Waals surface area contributed by atoms with Crippen molar-refractivity contribution in [3.05, 3.63) is 101 Å². The molecule has 1 aliphatic heterocycles. The lowest BCUT2D eigenvalue weighted by Crippen LogP contribution is -2.60. The van der Waals surface area contributed by atoms with Gasteiger partial charge in [-0.05, 0) is 72.6 Å². The van der Waals surface area contributed by atoms with Crippen LogP contribution in [-0.2, 0) is 33.8 Å². The number of halogens is 2. The first-order chi connectivity index (χ1) is 22.9. The Morgan fingerprint density at radius 3 is 2.31 bits per heavy atom. The van der Waals surface area contributed by atoms with Crippen molar-refractivity contribution in [2.45, 2.75) is 76.7 Å². The minimum absolute atomic E-state index is 0.0519. The average molecular weight is 665 g/mol. The molecule has 3 aromatic rings. The molecule has 0 saturated carbocycles. The van der Waals surface area contributed by atoms with E-state index in [0.717, 1.165) is 17.2 Å². The lowest BCUT2D eigenvalue weighted by atomic mass is 9.84. The minimum atomic E-state index is -1.16. The van der Waals surface area contributed by atoms with E-state index >= 15 is 0 Å². The lowest BCUT2D eigenvalue weighted by Gasteiger charge is -2.35. The first kappa shape index (κ1) is 36.5. The Bertz CT molecular complexity index is 1540. The maximum atomic E-state index is 14.2. The molecule has 4 atom stereocenters. The Kier molecular flexibility index (Phi) is 12.7. The molecule has 1 aliphatic rings. The number of carbonyl (C=O) groups is 3. The number of methoxy groups -OCH3 is 1. The fraction of sp³-hybridized carbons (Fsp3) is 0.432. The molecule has 258 valence electrons. The van der Waals surface area contributed by atoms with E-state index in [1.807, 2.05) is 68.4 Å². The standard InChI is InChI=1S/C37H46F2N4O5/c1-24(2)37(42-25(3)44)15-16-43(36(37)47)33(14-13-26-9-6-5-7-10-26)35(46)41-32(20-28-17-29(38)21-30(39)18-28)34(45)23-40-22-27-11-8-12-31(19-27)48-4/h5-12,17-19,21,24,32-34,40,45H,13-16,20,22-23H2,1-4H3,(H,41,46)(H,42,44)/t32-,33?,34+,37-/m0/s1. The molecule has 11 heteroatoms. The molecular weight excluding hydrogens is 618 g/mol. The molecule has 1 heterocycles. The fourth-order valence-corrected chi connectivity index (χ4v) is 6.38. The Balaban J connectivity index is 1.59. The zero-order valence-electron chi connectivity index (χ0n) is 28.0. The van der Waals surface area contributed by atoms with Crippen molar-refractivity contribution in [1.29, 1.82) is 0 Å². The second kappa shape index (κ2) is 16.7. The third-order valence-electron chi connectivity index (χ3n) is 8.99. The van der Waals surface area contributed by atoms with Crippen LogP contribution < -0.4 is 20.7 Å². The predicted molar refractivity (Wildman–Crippen MR) is 179 cm³/mol. The molecule has 3 aromatic carbocycles. The number of ether oxygens (including phenoxy) is 1. The van der Waals surface area contributed by atoms with Gasteiger partial charge in [-0.1, -0.05) is 56.3 Å². The number of rotatable bonds is 16. The number of amides is 3. The van der Waals surface area contributed by atoms with E-state index in [9.17, 15) is 28.3 Å². The Morgan fingerprint density at radius 2 is 1.67 bits per heavy atom. The molecule has 3 amide bonds. The number of likely N-dealkylation sites (tertiary alicyclic amines) is 1. The lowest BCUT2D eigenvalue weighted by molar-refractivity contribution is -0.144. The van der Waals surface area contributed by atoms with Gasteiger partial charge in [0.1, 0.15) is 29.0 Å². The Hall–Kier alpha value is -4.35. The van der Waals surface area contributed by atoms with Crippen LogP contribution in [0.5, 0.6) is 5.75 Å². The van der Waals surface area contributed by atoms with Crippen LogP contribution >= 0.6 is 0 Å². The molecule has 0 radical (unpaired) electrons. The average Bonchev–Trinajstić information content (AvgIpc) is 3.36. The van der Waals surface area contributed by atoms with Crippen LogP contribution in [0.25, 0.3) is 0 Å². The highest BCUT2D eigenvalue weighted by Gasteiger charge is 2.52. The van der Waals surface area contributed by atoms with Gasteiger partial charge in [0.2, 0.25) is 17.7 Å². The van der Waals surface area contributed by atoms with Crippen molar-refractivity contribution in [2.24, 2.45) is 5.92 Å². The molecule has 1 saturated heterocycles. The molecule has 1 unspecified atom stereocenters. The molecule has 0 aliphatic carbocycles. The topological polar surface area (TPSA) is 120 Å². The number of carbonyl (C=O) groups excluding carboxylic acids is 3. The van der Waals surface area contributed by atoms with Crippen molar-refractivity contribution in [3.8, 4) is 5.75 Å². The molecule has 1 fully saturated rings. The third-order valence-corrected chi connectivity index (χ3v) is 8.99. The van der Waals surface area contributed by atoms with Crippen molar-refractivity contribution < 1.29 is 33.0 Å². The SMILES string of the molecule is COc1cccc(CNC[C@@H](O)[C@H](Cc2cc(F)cc(F)c2)NC(=O)C(CCc2ccccc2)N2CC[C@](NC(C)=O)(C(C)C)C2=O)c1. The first-order valence-electron chi connectivity index (χ1n) is 16.3. The maximum Gasteiger partial charge on any atom is 0.249 e. The van der Waals surface area contributed by atoms with Gasteiger partial charge in [-0.3, -0.25) is 14.4 Å². The number of nitrogens with zero attached hydrogens (tertiary/aromatic N) is 1. The number of hydrogen-bond acceptors (Lipinski definition) is 6. The predicted octanol–water partition coefficient (Wildman–Crippen LogP) is 3.92. The quantitative estimate of drug-likeness (QED) is 0.184. The Labute approximate surface area is 281 Å². The summed E-state index contributed by atoms with van der Waals surface area (Å²) in [6.07, 6.45) is -0.127. The minimum Gasteiger partial charge on any atom is -0.497 e. The largest absolute Gasteiger partial charge is 0.497 e. The summed E-state index contributed by atoms with van der Waals surface area (Å²) in [5.74, 6) is -2.27. The van der Waals surface area contributed by atoms with Gasteiger partial charge in [0, 0.05) is 32.6 Å². The van der Waals surface area contributed by atoms with E-state index in [1.54, 1.807) is 7.11 Å². The van der Waals surface area contributed by atoms with Gasteiger partial charge in [0.05, 0.1) is 19.3 Å². The van der Waals surface area contributed by atoms with Gasteiger partial charge in [-0.15, -0.1) is 0 Å². The van der Waals surface area contributed by atoms with Crippen LogP contribution in [0.2, 0.25) is 0 Å². The zero-order valence-corrected chi connectivity index (χ0v) is 28.0. The Morgan fingerprint density at radius 1 is 0.979 bits per heavy atom. The number of benzene rings is 3. The molecule has 0 spiro atoms. The van der Waals surface area contributed by atoms with Crippen molar-refractivity contribution >= 4 is 17.7 Å². The fourth-order valence-electron chi connectivity index (χ4n) is 6.38. The summed E-state index contributed by atoms with van der Waals surface area (Å²) in [5, 5.41) is 20.4. The second-order valence-electron chi connectivity index (χ2n) is 12.7. The number of nitrogens with one attached hydrogen (secondary N) is 3. The van der Waals surface area contributed by atoms with Crippen LogP contribution in [0.4, 0.5) is 8.78 Å². The summed E-state index contributed by atoms with van der Waals surface area (Å²) < 4.78 is 33.6. The number of hydrogen-bond donors (Lipinski definition) is 4.